The molecular formula is C23H20FN7O2. The van der Waals surface area contributed by atoms with Crippen LogP contribution in [0.4, 0.5) is 21.6 Å². The van der Waals surface area contributed by atoms with Crippen molar-refractivity contribution in [2.24, 2.45) is 0 Å². The smallest absolute Gasteiger partial charge is 0.275 e. The highest BCUT2D eigenvalue weighted by Crippen LogP contribution is 2.18. The van der Waals surface area contributed by atoms with Gasteiger partial charge in [-0.05, 0) is 54.1 Å². The molecule has 166 valence electrons. The number of carbonyl (C=O) groups is 2. The number of benzene rings is 3. The maximum Gasteiger partial charge on any atom is 0.275 e. The molecule has 33 heavy (non-hydrogen) atoms. The summed E-state index contributed by atoms with van der Waals surface area (Å²) in [6.07, 6.45) is 0. The third-order valence-corrected chi connectivity index (χ3v) is 4.79. The summed E-state index contributed by atoms with van der Waals surface area (Å²) in [6, 6.07) is 19.2. The predicted molar refractivity (Wildman–Crippen MR) is 122 cm³/mol. The Morgan fingerprint density at radius 3 is 2.27 bits per heavy atom. The zero-order chi connectivity index (χ0) is 23.4. The van der Waals surface area contributed by atoms with E-state index >= 15 is 0 Å². The van der Waals surface area contributed by atoms with Crippen LogP contribution in [-0.2, 0) is 6.54 Å². The van der Waals surface area contributed by atoms with Crippen LogP contribution in [0.5, 0.6) is 0 Å². The van der Waals surface area contributed by atoms with Crippen molar-refractivity contribution in [3.63, 3.8) is 0 Å². The summed E-state index contributed by atoms with van der Waals surface area (Å²) in [6.45, 7) is 0.190. The van der Waals surface area contributed by atoms with Crippen molar-refractivity contribution < 1.29 is 14.0 Å². The lowest BCUT2D eigenvalue weighted by atomic mass is 10.1. The highest BCUT2D eigenvalue weighted by atomic mass is 19.1. The molecule has 0 radical (unpaired) electrons. The van der Waals surface area contributed by atoms with Gasteiger partial charge < -0.3 is 22.1 Å². The third kappa shape index (κ3) is 4.96. The summed E-state index contributed by atoms with van der Waals surface area (Å²) < 4.78 is 13.1. The molecule has 0 aliphatic carbocycles. The summed E-state index contributed by atoms with van der Waals surface area (Å²) >= 11 is 0. The average molecular weight is 445 g/mol. The number of para-hydroxylation sites is 2. The molecule has 0 aliphatic heterocycles. The van der Waals surface area contributed by atoms with E-state index in [4.69, 9.17) is 11.5 Å². The molecule has 0 saturated carbocycles. The number of amides is 2. The second kappa shape index (κ2) is 9.18. The second-order valence-electron chi connectivity index (χ2n) is 7.12. The van der Waals surface area contributed by atoms with Gasteiger partial charge in [-0.1, -0.05) is 24.3 Å². The minimum atomic E-state index is -0.512. The van der Waals surface area contributed by atoms with E-state index in [0.29, 0.717) is 22.6 Å². The van der Waals surface area contributed by atoms with Crippen LogP contribution >= 0.6 is 0 Å². The molecule has 1 aromatic heterocycles. The quantitative estimate of drug-likeness (QED) is 0.336. The monoisotopic (exact) mass is 445 g/mol. The van der Waals surface area contributed by atoms with Crippen LogP contribution in [0.3, 0.4) is 0 Å². The molecule has 0 aliphatic rings. The summed E-state index contributed by atoms with van der Waals surface area (Å²) in [5, 5.41) is 13.6. The molecule has 0 saturated heterocycles. The Morgan fingerprint density at radius 2 is 1.58 bits per heavy atom. The van der Waals surface area contributed by atoms with Gasteiger partial charge in [-0.15, -0.1) is 15.0 Å². The lowest BCUT2D eigenvalue weighted by Crippen LogP contribution is -2.24. The molecule has 4 rings (SSSR count). The van der Waals surface area contributed by atoms with E-state index in [1.807, 2.05) is 0 Å². The molecule has 2 amide bonds. The number of halogens is 1. The van der Waals surface area contributed by atoms with Gasteiger partial charge in [0, 0.05) is 12.1 Å². The fourth-order valence-electron chi connectivity index (χ4n) is 3.01. The minimum absolute atomic E-state index is 0.0456. The number of hydrogen-bond donors (Lipinski definition) is 4. The van der Waals surface area contributed by atoms with Gasteiger partial charge in [0.15, 0.2) is 11.5 Å². The number of nitrogens with one attached hydrogen (secondary N) is 2. The molecule has 0 atom stereocenters. The Labute approximate surface area is 188 Å². The molecule has 1 heterocycles. The summed E-state index contributed by atoms with van der Waals surface area (Å²) in [4.78, 5) is 26.1. The maximum absolute atomic E-state index is 13.1. The number of rotatable bonds is 6. The highest BCUT2D eigenvalue weighted by molar-refractivity contribution is 6.05. The summed E-state index contributed by atoms with van der Waals surface area (Å²) in [7, 11) is 0. The minimum Gasteiger partial charge on any atom is -0.397 e. The SMILES string of the molecule is Nc1ccccc1NC(=O)c1ccc(CNC(=O)c2nn(-c3ccc(F)cc3)nc2N)cc1. The molecule has 10 heteroatoms. The molecule has 0 bridgehead atoms. The zero-order valence-corrected chi connectivity index (χ0v) is 17.3. The van der Waals surface area contributed by atoms with E-state index in [9.17, 15) is 14.0 Å². The van der Waals surface area contributed by atoms with E-state index in [2.05, 4.69) is 20.8 Å². The molecule has 0 unspecified atom stereocenters. The maximum atomic E-state index is 13.1. The van der Waals surface area contributed by atoms with Crippen molar-refractivity contribution in [3.05, 3.63) is 95.4 Å². The van der Waals surface area contributed by atoms with Crippen molar-refractivity contribution in [2.75, 3.05) is 16.8 Å². The number of hydrogen-bond acceptors (Lipinski definition) is 6. The van der Waals surface area contributed by atoms with Gasteiger partial charge >= 0.3 is 0 Å². The highest BCUT2D eigenvalue weighted by Gasteiger charge is 2.17. The average Bonchev–Trinajstić information content (AvgIpc) is 3.21. The van der Waals surface area contributed by atoms with Crippen LogP contribution in [0, 0.1) is 5.82 Å². The Hall–Kier alpha value is -4.73. The van der Waals surface area contributed by atoms with Crippen molar-refractivity contribution in [1.29, 1.82) is 0 Å². The number of aromatic nitrogens is 3. The van der Waals surface area contributed by atoms with E-state index in [0.717, 1.165) is 10.4 Å². The van der Waals surface area contributed by atoms with E-state index in [1.165, 1.54) is 24.3 Å². The topological polar surface area (TPSA) is 141 Å². The number of nitrogen functional groups attached to an aromatic ring is 2. The molecule has 0 fully saturated rings. The number of carbonyl (C=O) groups excluding carboxylic acids is 2. The normalized spacial score (nSPS) is 10.6. The van der Waals surface area contributed by atoms with Crippen molar-refractivity contribution in [1.82, 2.24) is 20.3 Å². The number of anilines is 3. The Balaban J connectivity index is 1.37. The number of nitrogens with two attached hydrogens (primary N) is 2. The molecule has 6 N–H and O–H groups in total. The van der Waals surface area contributed by atoms with Gasteiger partial charge in [-0.25, -0.2) is 4.39 Å². The first-order chi connectivity index (χ1) is 15.9. The predicted octanol–water partition coefficient (Wildman–Crippen LogP) is 2.75. The molecule has 4 aromatic rings. The Bertz CT molecular complexity index is 1300. The van der Waals surface area contributed by atoms with E-state index < -0.39 is 11.7 Å². The van der Waals surface area contributed by atoms with Gasteiger partial charge in [-0.3, -0.25) is 9.59 Å². The van der Waals surface area contributed by atoms with Crippen molar-refractivity contribution in [2.45, 2.75) is 6.54 Å². The van der Waals surface area contributed by atoms with Crippen LogP contribution in [-0.4, -0.2) is 26.8 Å². The van der Waals surface area contributed by atoms with Gasteiger partial charge in [0.05, 0.1) is 17.1 Å². The zero-order valence-electron chi connectivity index (χ0n) is 17.3. The Morgan fingerprint density at radius 1 is 0.879 bits per heavy atom. The lowest BCUT2D eigenvalue weighted by molar-refractivity contribution is 0.0945. The fourth-order valence-corrected chi connectivity index (χ4v) is 3.01. The first-order valence-corrected chi connectivity index (χ1v) is 9.92. The van der Waals surface area contributed by atoms with Crippen LogP contribution in [0.1, 0.15) is 26.4 Å². The van der Waals surface area contributed by atoms with Gasteiger partial charge in [0.25, 0.3) is 11.8 Å². The first kappa shape index (κ1) is 21.5. The lowest BCUT2D eigenvalue weighted by Gasteiger charge is -2.09. The van der Waals surface area contributed by atoms with Crippen LogP contribution < -0.4 is 22.1 Å². The standard InChI is InChI=1S/C23H20FN7O2/c24-16-9-11-17(12-10-16)31-29-20(21(26)30-31)23(33)27-13-14-5-7-15(8-6-14)22(32)28-19-4-2-1-3-18(19)25/h1-12H,13,25H2,(H2,26,30)(H,27,33)(H,28,32). The molecule has 9 nitrogen and oxygen atoms in total. The number of nitrogens with zero attached hydrogens (tertiary/aromatic N) is 3. The third-order valence-electron chi connectivity index (χ3n) is 4.79. The van der Waals surface area contributed by atoms with Gasteiger partial charge in [0.1, 0.15) is 5.82 Å². The molecular weight excluding hydrogens is 425 g/mol. The molecule has 0 spiro atoms. The van der Waals surface area contributed by atoms with E-state index in [-0.39, 0.29) is 24.0 Å². The van der Waals surface area contributed by atoms with Crippen LogP contribution in [0.15, 0.2) is 72.8 Å². The van der Waals surface area contributed by atoms with Crippen molar-refractivity contribution in [3.8, 4) is 5.69 Å². The summed E-state index contributed by atoms with van der Waals surface area (Å²) in [5.74, 6) is -1.26. The van der Waals surface area contributed by atoms with Crippen LogP contribution in [0.2, 0.25) is 0 Å². The first-order valence-electron chi connectivity index (χ1n) is 9.92. The largest absolute Gasteiger partial charge is 0.397 e. The Kier molecular flexibility index (Phi) is 5.98. The second-order valence-corrected chi connectivity index (χ2v) is 7.12. The van der Waals surface area contributed by atoms with Gasteiger partial charge in [0.2, 0.25) is 0 Å². The molecule has 3 aromatic carbocycles. The summed E-state index contributed by atoms with van der Waals surface area (Å²) in [5.41, 5.74) is 14.3. The van der Waals surface area contributed by atoms with Gasteiger partial charge in [-0.2, -0.15) is 0 Å². The fraction of sp³-hybridized carbons (Fsp3) is 0.0435. The van der Waals surface area contributed by atoms with Crippen LogP contribution in [0.25, 0.3) is 5.69 Å². The van der Waals surface area contributed by atoms with E-state index in [1.54, 1.807) is 48.5 Å². The van der Waals surface area contributed by atoms with Crippen molar-refractivity contribution >= 4 is 29.0 Å².